The molecule has 0 aromatic carbocycles. The summed E-state index contributed by atoms with van der Waals surface area (Å²) in [7, 11) is 0.841. The van der Waals surface area contributed by atoms with Crippen LogP contribution in [0.15, 0.2) is 0 Å². The Bertz CT molecular complexity index is 102. The quantitative estimate of drug-likeness (QED) is 0.556. The van der Waals surface area contributed by atoms with Crippen LogP contribution in [0.4, 0.5) is 0 Å². The van der Waals surface area contributed by atoms with Crippen molar-refractivity contribution >= 4 is 10.5 Å². The van der Waals surface area contributed by atoms with Crippen LogP contribution in [0, 0.1) is 5.41 Å². The predicted octanol–water partition coefficient (Wildman–Crippen LogP) is 1.50. The van der Waals surface area contributed by atoms with Crippen molar-refractivity contribution in [3.05, 3.63) is 0 Å². The Morgan fingerprint density at radius 2 is 1.50 bits per heavy atom. The van der Waals surface area contributed by atoms with Gasteiger partial charge in [0.2, 0.25) is 0 Å². The minimum atomic E-state index is 0.0878. The number of rotatable bonds is 2. The monoisotopic (exact) mass is 160 g/mol. The third-order valence-electron chi connectivity index (χ3n) is 1.51. The average Bonchev–Trinajstić information content (AvgIpc) is 1.60. The fraction of sp³-hybridized carbons (Fsp3) is 1.00. The van der Waals surface area contributed by atoms with Crippen LogP contribution in [-0.4, -0.2) is 16.1 Å². The largest absolute Gasteiger partial charge is 0.423 e. The molecule has 0 saturated carbocycles. The van der Waals surface area contributed by atoms with Crippen molar-refractivity contribution in [3.63, 3.8) is 0 Å². The van der Waals surface area contributed by atoms with E-state index in [2.05, 4.69) is 34.6 Å². The Labute approximate surface area is 67.7 Å². The van der Waals surface area contributed by atoms with E-state index in [0.717, 1.165) is 16.9 Å². The van der Waals surface area contributed by atoms with Crippen LogP contribution in [0.5, 0.6) is 0 Å². The van der Waals surface area contributed by atoms with Crippen molar-refractivity contribution in [2.45, 2.75) is 46.6 Å². The van der Waals surface area contributed by atoms with E-state index in [1.807, 2.05) is 0 Å². The molecule has 0 radical (unpaired) electrons. The molecule has 0 aliphatic carbocycles. The highest BCUT2D eigenvalue weighted by Crippen LogP contribution is 2.28. The molecular formula is C8H20OSi. The Hall–Kier alpha value is 0.177. The smallest absolute Gasteiger partial charge is 0.146 e. The van der Waals surface area contributed by atoms with Crippen molar-refractivity contribution in [2.75, 3.05) is 0 Å². The summed E-state index contributed by atoms with van der Waals surface area (Å²) in [6, 6.07) is 0. The third kappa shape index (κ3) is 5.00. The van der Waals surface area contributed by atoms with Gasteiger partial charge in [-0.1, -0.05) is 20.8 Å². The van der Waals surface area contributed by atoms with Gasteiger partial charge in [0.15, 0.2) is 0 Å². The third-order valence-corrected chi connectivity index (χ3v) is 2.61. The lowest BCUT2D eigenvalue weighted by Crippen LogP contribution is -2.29. The van der Waals surface area contributed by atoms with E-state index in [4.69, 9.17) is 4.43 Å². The van der Waals surface area contributed by atoms with Crippen LogP contribution < -0.4 is 0 Å². The molecule has 0 rings (SSSR count). The van der Waals surface area contributed by atoms with E-state index >= 15 is 0 Å². The zero-order chi connectivity index (χ0) is 8.41. The SMILES string of the molecule is CC(C)(C)CC(C)(C)O[SiH3]. The van der Waals surface area contributed by atoms with Crippen LogP contribution in [0.25, 0.3) is 0 Å². The minimum absolute atomic E-state index is 0.0878. The van der Waals surface area contributed by atoms with E-state index in [-0.39, 0.29) is 5.60 Å². The van der Waals surface area contributed by atoms with Gasteiger partial charge in [-0.25, -0.2) is 0 Å². The topological polar surface area (TPSA) is 9.23 Å². The first kappa shape index (κ1) is 10.2. The minimum Gasteiger partial charge on any atom is -0.423 e. The molecule has 0 heterocycles. The molecule has 2 heteroatoms. The number of hydrogen-bond donors (Lipinski definition) is 0. The predicted molar refractivity (Wildman–Crippen MR) is 49.2 cm³/mol. The van der Waals surface area contributed by atoms with Crippen LogP contribution in [0.1, 0.15) is 41.0 Å². The van der Waals surface area contributed by atoms with Crippen LogP contribution in [0.3, 0.4) is 0 Å². The molecule has 10 heavy (non-hydrogen) atoms. The molecule has 0 N–H and O–H groups in total. The van der Waals surface area contributed by atoms with Gasteiger partial charge in [-0.05, 0) is 25.7 Å². The molecule has 0 spiro atoms. The fourth-order valence-electron chi connectivity index (χ4n) is 1.35. The zero-order valence-electron chi connectivity index (χ0n) is 8.12. The van der Waals surface area contributed by atoms with Crippen LogP contribution >= 0.6 is 0 Å². The Morgan fingerprint density at radius 1 is 1.10 bits per heavy atom. The Balaban J connectivity index is 3.89. The maximum absolute atomic E-state index is 5.45. The summed E-state index contributed by atoms with van der Waals surface area (Å²) in [6.07, 6.45) is 1.13. The summed E-state index contributed by atoms with van der Waals surface area (Å²) in [4.78, 5) is 0. The molecule has 0 aliphatic heterocycles. The van der Waals surface area contributed by atoms with Gasteiger partial charge in [0, 0.05) is 5.60 Å². The van der Waals surface area contributed by atoms with Gasteiger partial charge < -0.3 is 4.43 Å². The second-order valence-electron chi connectivity index (χ2n) is 4.70. The lowest BCUT2D eigenvalue weighted by molar-refractivity contribution is 0.0720. The normalized spacial score (nSPS) is 14.1. The van der Waals surface area contributed by atoms with Crippen LogP contribution in [0.2, 0.25) is 0 Å². The second-order valence-corrected chi connectivity index (χ2v) is 5.11. The van der Waals surface area contributed by atoms with Gasteiger partial charge in [0.1, 0.15) is 10.5 Å². The summed E-state index contributed by atoms with van der Waals surface area (Å²) in [6.45, 7) is 11.1. The Morgan fingerprint density at radius 3 is 1.60 bits per heavy atom. The zero-order valence-corrected chi connectivity index (χ0v) is 10.1. The van der Waals surface area contributed by atoms with Crippen molar-refractivity contribution in [2.24, 2.45) is 5.41 Å². The molecule has 0 aromatic rings. The molecule has 62 valence electrons. The van der Waals surface area contributed by atoms with Gasteiger partial charge in [-0.2, -0.15) is 0 Å². The van der Waals surface area contributed by atoms with Gasteiger partial charge in [0.05, 0.1) is 0 Å². The van der Waals surface area contributed by atoms with Gasteiger partial charge >= 0.3 is 0 Å². The van der Waals surface area contributed by atoms with Crippen LogP contribution in [-0.2, 0) is 4.43 Å². The molecule has 0 saturated heterocycles. The summed E-state index contributed by atoms with van der Waals surface area (Å²) < 4.78 is 5.45. The first-order valence-electron chi connectivity index (χ1n) is 3.82. The summed E-state index contributed by atoms with van der Waals surface area (Å²) in [5.41, 5.74) is 0.471. The summed E-state index contributed by atoms with van der Waals surface area (Å²) in [5, 5.41) is 0. The highest BCUT2D eigenvalue weighted by molar-refractivity contribution is 5.98. The van der Waals surface area contributed by atoms with E-state index in [1.165, 1.54) is 0 Å². The molecule has 0 unspecified atom stereocenters. The lowest BCUT2D eigenvalue weighted by Gasteiger charge is -2.31. The molecule has 0 aromatic heterocycles. The molecule has 0 aliphatic rings. The first-order chi connectivity index (χ1) is 4.27. The second kappa shape index (κ2) is 3.05. The lowest BCUT2D eigenvalue weighted by atomic mass is 9.84. The molecule has 1 nitrogen and oxygen atoms in total. The van der Waals surface area contributed by atoms with E-state index in [1.54, 1.807) is 0 Å². The van der Waals surface area contributed by atoms with Gasteiger partial charge in [0.25, 0.3) is 0 Å². The standard InChI is InChI=1S/C8H20OSi/c1-7(2,3)6-8(4,5)9-10/h6H2,1-5,10H3. The number of hydrogen-bond acceptors (Lipinski definition) is 1. The first-order valence-corrected chi connectivity index (χ1v) is 4.64. The summed E-state index contributed by atoms with van der Waals surface area (Å²) >= 11 is 0. The van der Waals surface area contributed by atoms with Crippen molar-refractivity contribution in [1.82, 2.24) is 0 Å². The van der Waals surface area contributed by atoms with Gasteiger partial charge in [-0.15, -0.1) is 0 Å². The average molecular weight is 160 g/mol. The van der Waals surface area contributed by atoms with E-state index in [9.17, 15) is 0 Å². The van der Waals surface area contributed by atoms with Gasteiger partial charge in [-0.3, -0.25) is 0 Å². The molecule has 0 fully saturated rings. The highest BCUT2D eigenvalue weighted by atomic mass is 28.2. The molecule has 0 atom stereocenters. The Kier molecular flexibility index (Phi) is 3.11. The van der Waals surface area contributed by atoms with Crippen molar-refractivity contribution in [3.8, 4) is 0 Å². The molecule has 0 amide bonds. The van der Waals surface area contributed by atoms with Crippen molar-refractivity contribution < 1.29 is 4.43 Å². The summed E-state index contributed by atoms with van der Waals surface area (Å²) in [5.74, 6) is 0. The van der Waals surface area contributed by atoms with E-state index in [0.29, 0.717) is 5.41 Å². The molecular weight excluding hydrogens is 140 g/mol. The maximum Gasteiger partial charge on any atom is 0.146 e. The maximum atomic E-state index is 5.45. The van der Waals surface area contributed by atoms with Crippen molar-refractivity contribution in [1.29, 1.82) is 0 Å². The van der Waals surface area contributed by atoms with E-state index < -0.39 is 0 Å². The highest BCUT2D eigenvalue weighted by Gasteiger charge is 2.23. The molecule has 0 bridgehead atoms. The fourth-order valence-corrected chi connectivity index (χ4v) is 1.49.